The van der Waals surface area contributed by atoms with Crippen molar-refractivity contribution >= 4 is 17.2 Å². The third-order valence-electron chi connectivity index (χ3n) is 4.40. The maximum atomic E-state index is 5.52. The molecule has 0 saturated carbocycles. The van der Waals surface area contributed by atoms with Gasteiger partial charge in [-0.05, 0) is 35.9 Å². The lowest BCUT2D eigenvalue weighted by molar-refractivity contribution is 0.0397. The number of hydrogen-bond donors (Lipinski definition) is 0. The first kappa shape index (κ1) is 16.5. The van der Waals surface area contributed by atoms with Gasteiger partial charge in [-0.25, -0.2) is 4.68 Å². The minimum Gasteiger partial charge on any atom is -0.496 e. The fraction of sp³-hybridized carbons (Fsp3) is 0.316. The van der Waals surface area contributed by atoms with Gasteiger partial charge in [0.15, 0.2) is 0 Å². The summed E-state index contributed by atoms with van der Waals surface area (Å²) in [6, 6.07) is 14.0. The lowest BCUT2D eigenvalue weighted by Crippen LogP contribution is -2.32. The SMILES string of the molecule is COc1ccc(/C=N/N2CCOCC2)cc1Cn1nnc2ccccc21. The molecule has 2 aromatic carbocycles. The third kappa shape index (κ3) is 3.52. The molecule has 7 heteroatoms. The summed E-state index contributed by atoms with van der Waals surface area (Å²) in [5.41, 5.74) is 3.95. The van der Waals surface area contributed by atoms with Gasteiger partial charge in [-0.2, -0.15) is 5.10 Å². The Labute approximate surface area is 151 Å². The lowest BCUT2D eigenvalue weighted by Gasteiger charge is -2.23. The van der Waals surface area contributed by atoms with Crippen molar-refractivity contribution in [3.05, 3.63) is 53.6 Å². The molecule has 7 nitrogen and oxygen atoms in total. The van der Waals surface area contributed by atoms with Crippen molar-refractivity contribution in [1.82, 2.24) is 20.0 Å². The van der Waals surface area contributed by atoms with Gasteiger partial charge < -0.3 is 9.47 Å². The van der Waals surface area contributed by atoms with E-state index >= 15 is 0 Å². The maximum absolute atomic E-state index is 5.52. The minimum absolute atomic E-state index is 0.586. The molecule has 0 bridgehead atoms. The molecule has 1 aliphatic rings. The van der Waals surface area contributed by atoms with Gasteiger partial charge in [0.05, 0.1) is 51.7 Å². The first-order valence-electron chi connectivity index (χ1n) is 8.65. The van der Waals surface area contributed by atoms with Crippen molar-refractivity contribution in [2.75, 3.05) is 33.4 Å². The smallest absolute Gasteiger partial charge is 0.123 e. The zero-order chi connectivity index (χ0) is 17.8. The highest BCUT2D eigenvalue weighted by atomic mass is 16.5. The van der Waals surface area contributed by atoms with Crippen LogP contribution in [0.25, 0.3) is 11.0 Å². The number of aromatic nitrogens is 3. The molecule has 1 saturated heterocycles. The number of fused-ring (bicyclic) bond motifs is 1. The van der Waals surface area contributed by atoms with Crippen LogP contribution in [-0.2, 0) is 11.3 Å². The lowest BCUT2D eigenvalue weighted by atomic mass is 10.1. The second-order valence-corrected chi connectivity index (χ2v) is 6.12. The molecule has 2 heterocycles. The van der Waals surface area contributed by atoms with Crippen LogP contribution in [0, 0.1) is 0 Å². The number of hydrazone groups is 1. The predicted molar refractivity (Wildman–Crippen MR) is 99.6 cm³/mol. The molecule has 0 N–H and O–H groups in total. The van der Waals surface area contributed by atoms with Crippen LogP contribution < -0.4 is 4.74 Å². The second-order valence-electron chi connectivity index (χ2n) is 6.12. The zero-order valence-corrected chi connectivity index (χ0v) is 14.7. The van der Waals surface area contributed by atoms with E-state index in [0.717, 1.165) is 54.2 Å². The van der Waals surface area contributed by atoms with Crippen molar-refractivity contribution in [2.45, 2.75) is 6.54 Å². The molecule has 0 aliphatic carbocycles. The fourth-order valence-electron chi connectivity index (χ4n) is 3.02. The van der Waals surface area contributed by atoms with Crippen LogP contribution in [-0.4, -0.2) is 59.6 Å². The van der Waals surface area contributed by atoms with E-state index in [4.69, 9.17) is 9.47 Å². The molecule has 1 fully saturated rings. The van der Waals surface area contributed by atoms with Crippen LogP contribution in [0.1, 0.15) is 11.1 Å². The largest absolute Gasteiger partial charge is 0.496 e. The van der Waals surface area contributed by atoms with Gasteiger partial charge in [0.2, 0.25) is 0 Å². The number of hydrogen-bond acceptors (Lipinski definition) is 6. The summed E-state index contributed by atoms with van der Waals surface area (Å²) in [5.74, 6) is 0.827. The van der Waals surface area contributed by atoms with Gasteiger partial charge in [-0.1, -0.05) is 17.3 Å². The number of methoxy groups -OCH3 is 1. The minimum atomic E-state index is 0.586. The molecule has 0 radical (unpaired) electrons. The second kappa shape index (κ2) is 7.53. The van der Waals surface area contributed by atoms with Gasteiger partial charge in [0, 0.05) is 5.56 Å². The highest BCUT2D eigenvalue weighted by molar-refractivity contribution is 5.80. The fourth-order valence-corrected chi connectivity index (χ4v) is 3.02. The van der Waals surface area contributed by atoms with Gasteiger partial charge >= 0.3 is 0 Å². The Balaban J connectivity index is 1.59. The number of morpholine rings is 1. The molecule has 26 heavy (non-hydrogen) atoms. The molecule has 4 rings (SSSR count). The molecule has 134 valence electrons. The van der Waals surface area contributed by atoms with Gasteiger partial charge in [0.25, 0.3) is 0 Å². The van der Waals surface area contributed by atoms with Crippen molar-refractivity contribution in [1.29, 1.82) is 0 Å². The van der Waals surface area contributed by atoms with E-state index in [1.165, 1.54) is 0 Å². The summed E-state index contributed by atoms with van der Waals surface area (Å²) in [5, 5.41) is 15.1. The number of benzene rings is 2. The van der Waals surface area contributed by atoms with E-state index < -0.39 is 0 Å². The van der Waals surface area contributed by atoms with Crippen molar-refractivity contribution < 1.29 is 9.47 Å². The van der Waals surface area contributed by atoms with Crippen LogP contribution in [0.5, 0.6) is 5.75 Å². The van der Waals surface area contributed by atoms with Crippen molar-refractivity contribution in [3.63, 3.8) is 0 Å². The van der Waals surface area contributed by atoms with E-state index in [0.29, 0.717) is 6.54 Å². The summed E-state index contributed by atoms with van der Waals surface area (Å²) in [6.07, 6.45) is 1.88. The van der Waals surface area contributed by atoms with Crippen LogP contribution in [0.4, 0.5) is 0 Å². The van der Waals surface area contributed by atoms with Gasteiger partial charge in [0.1, 0.15) is 11.3 Å². The summed E-state index contributed by atoms with van der Waals surface area (Å²) < 4.78 is 12.8. The number of nitrogens with zero attached hydrogens (tertiary/aromatic N) is 5. The van der Waals surface area contributed by atoms with Crippen molar-refractivity contribution in [3.8, 4) is 5.75 Å². The molecule has 0 unspecified atom stereocenters. The summed E-state index contributed by atoms with van der Waals surface area (Å²) in [4.78, 5) is 0. The van der Waals surface area contributed by atoms with E-state index in [1.807, 2.05) is 52.3 Å². The summed E-state index contributed by atoms with van der Waals surface area (Å²) in [7, 11) is 1.68. The molecule has 1 aromatic heterocycles. The van der Waals surface area contributed by atoms with Crippen LogP contribution >= 0.6 is 0 Å². The van der Waals surface area contributed by atoms with Gasteiger partial charge in [-0.3, -0.25) is 5.01 Å². The Hall–Kier alpha value is -2.93. The van der Waals surface area contributed by atoms with Crippen LogP contribution in [0.15, 0.2) is 47.6 Å². The van der Waals surface area contributed by atoms with E-state index in [1.54, 1.807) is 7.11 Å². The molecular weight excluding hydrogens is 330 g/mol. The highest BCUT2D eigenvalue weighted by Crippen LogP contribution is 2.22. The third-order valence-corrected chi connectivity index (χ3v) is 4.40. The van der Waals surface area contributed by atoms with Crippen LogP contribution in [0.2, 0.25) is 0 Å². The Morgan fingerprint density at radius 1 is 1.19 bits per heavy atom. The standard InChI is InChI=1S/C19H21N5O2/c1-25-19-7-6-15(13-20-23-8-10-26-11-9-23)12-16(19)14-24-18-5-3-2-4-17(18)21-22-24/h2-7,12-13H,8-11,14H2,1H3/b20-13+. The van der Waals surface area contributed by atoms with E-state index in [9.17, 15) is 0 Å². The maximum Gasteiger partial charge on any atom is 0.123 e. The first-order valence-corrected chi connectivity index (χ1v) is 8.65. The van der Waals surface area contributed by atoms with Crippen molar-refractivity contribution in [2.24, 2.45) is 5.10 Å². The average molecular weight is 351 g/mol. The summed E-state index contributed by atoms with van der Waals surface area (Å²) >= 11 is 0. The number of para-hydroxylation sites is 1. The van der Waals surface area contributed by atoms with Crippen LogP contribution in [0.3, 0.4) is 0 Å². The molecule has 0 atom stereocenters. The molecule has 1 aliphatic heterocycles. The predicted octanol–water partition coefficient (Wildman–Crippen LogP) is 2.15. The Morgan fingerprint density at radius 2 is 2.04 bits per heavy atom. The quantitative estimate of drug-likeness (QED) is 0.659. The first-order chi connectivity index (χ1) is 12.8. The normalized spacial score (nSPS) is 15.0. The molecule has 0 amide bonds. The van der Waals surface area contributed by atoms with E-state index in [-0.39, 0.29) is 0 Å². The average Bonchev–Trinajstić information content (AvgIpc) is 3.10. The number of rotatable bonds is 5. The molecular formula is C19H21N5O2. The molecule has 0 spiro atoms. The highest BCUT2D eigenvalue weighted by Gasteiger charge is 2.10. The summed E-state index contributed by atoms with van der Waals surface area (Å²) in [6.45, 7) is 3.69. The Morgan fingerprint density at radius 3 is 2.88 bits per heavy atom. The zero-order valence-electron chi connectivity index (χ0n) is 14.7. The molecule has 3 aromatic rings. The van der Waals surface area contributed by atoms with E-state index in [2.05, 4.69) is 21.5 Å². The Kier molecular flexibility index (Phi) is 4.79. The number of ether oxygens (including phenoxy) is 2. The topological polar surface area (TPSA) is 64.8 Å². The van der Waals surface area contributed by atoms with Gasteiger partial charge in [-0.15, -0.1) is 5.10 Å². The Bertz CT molecular complexity index is 915. The monoisotopic (exact) mass is 351 g/mol.